The highest BCUT2D eigenvalue weighted by molar-refractivity contribution is 5.92. The van der Waals surface area contributed by atoms with Crippen LogP contribution in [0.2, 0.25) is 0 Å². The molecule has 1 heterocycles. The van der Waals surface area contributed by atoms with Gasteiger partial charge in [-0.15, -0.1) is 0 Å². The summed E-state index contributed by atoms with van der Waals surface area (Å²) in [5.74, 6) is -1.32. The Labute approximate surface area is 150 Å². The van der Waals surface area contributed by atoms with Crippen molar-refractivity contribution in [2.75, 3.05) is 6.54 Å². The molecule has 0 unspecified atom stereocenters. The first kappa shape index (κ1) is 19.2. The van der Waals surface area contributed by atoms with Crippen molar-refractivity contribution in [3.63, 3.8) is 0 Å². The Bertz CT molecular complexity index is 904. The first-order valence-electron chi connectivity index (χ1n) is 8.10. The maximum Gasteiger partial charge on any atom is 0.407 e. The number of nitrogens with one attached hydrogen (secondary N) is 1. The van der Waals surface area contributed by atoms with E-state index in [1.807, 2.05) is 12.2 Å². The molecule has 0 radical (unpaired) electrons. The van der Waals surface area contributed by atoms with Gasteiger partial charge in [-0.05, 0) is 51.0 Å². The lowest BCUT2D eigenvalue weighted by molar-refractivity contribution is 0.0528. The van der Waals surface area contributed by atoms with Crippen LogP contribution in [0.5, 0.6) is 0 Å². The minimum atomic E-state index is -1.32. The van der Waals surface area contributed by atoms with Gasteiger partial charge < -0.3 is 19.6 Å². The first-order valence-corrected chi connectivity index (χ1v) is 8.10. The molecular formula is C19H21NO6. The quantitative estimate of drug-likeness (QED) is 0.626. The monoisotopic (exact) mass is 359 g/mol. The average Bonchev–Trinajstić information content (AvgIpc) is 2.52. The van der Waals surface area contributed by atoms with E-state index in [4.69, 9.17) is 14.3 Å². The topological polar surface area (TPSA) is 106 Å². The van der Waals surface area contributed by atoms with Crippen molar-refractivity contribution in [2.45, 2.75) is 32.8 Å². The van der Waals surface area contributed by atoms with Gasteiger partial charge in [-0.25, -0.2) is 14.4 Å². The molecule has 1 aromatic carbocycles. The lowest BCUT2D eigenvalue weighted by Gasteiger charge is -2.19. The number of carbonyl (C=O) groups is 2. The van der Waals surface area contributed by atoms with Gasteiger partial charge in [-0.1, -0.05) is 18.2 Å². The van der Waals surface area contributed by atoms with Crippen LogP contribution in [0, 0.1) is 0 Å². The van der Waals surface area contributed by atoms with Crippen molar-refractivity contribution in [2.24, 2.45) is 0 Å². The van der Waals surface area contributed by atoms with Gasteiger partial charge in [0.1, 0.15) is 16.7 Å². The number of amides is 1. The fraction of sp³-hybridized carbons (Fsp3) is 0.316. The number of carboxylic acid groups (broad SMARTS) is 1. The number of benzene rings is 1. The highest BCUT2D eigenvalue weighted by atomic mass is 16.6. The second-order valence-electron chi connectivity index (χ2n) is 6.67. The Kier molecular flexibility index (Phi) is 5.82. The van der Waals surface area contributed by atoms with E-state index in [-0.39, 0.29) is 0 Å². The van der Waals surface area contributed by atoms with Crippen molar-refractivity contribution in [3.8, 4) is 0 Å². The number of rotatable bonds is 5. The Morgan fingerprint density at radius 3 is 2.65 bits per heavy atom. The molecule has 0 saturated heterocycles. The maximum atomic E-state index is 11.5. The summed E-state index contributed by atoms with van der Waals surface area (Å²) in [6.45, 7) is 5.81. The van der Waals surface area contributed by atoms with E-state index in [0.29, 0.717) is 23.9 Å². The van der Waals surface area contributed by atoms with Crippen LogP contribution in [-0.2, 0) is 4.74 Å². The van der Waals surface area contributed by atoms with E-state index in [1.165, 1.54) is 6.07 Å². The summed E-state index contributed by atoms with van der Waals surface area (Å²) in [5, 5.41) is 12.2. The Hall–Kier alpha value is -3.09. The number of hydrogen-bond donors (Lipinski definition) is 2. The number of fused-ring (bicyclic) bond motifs is 1. The average molecular weight is 359 g/mol. The molecule has 0 atom stereocenters. The van der Waals surface area contributed by atoms with Gasteiger partial charge in [0.05, 0.1) is 0 Å². The maximum absolute atomic E-state index is 11.5. The molecular weight excluding hydrogens is 338 g/mol. The molecule has 2 aromatic rings. The standard InChI is InChI=1S/C19H21NO6/c1-19(2,3)26-18(24)20-9-5-4-6-12-7-8-15-13(10-12)11-14(16(21)22)17(23)25-15/h4,6-8,10-11H,5,9H2,1-3H3,(H,20,24)(H,21,22). The molecule has 2 rings (SSSR count). The molecule has 7 nitrogen and oxygen atoms in total. The third kappa shape index (κ3) is 5.47. The van der Waals surface area contributed by atoms with E-state index in [1.54, 1.807) is 39.0 Å². The molecule has 0 fully saturated rings. The molecule has 0 bridgehead atoms. The lowest BCUT2D eigenvalue weighted by Crippen LogP contribution is -2.32. The van der Waals surface area contributed by atoms with Crippen molar-refractivity contribution in [1.82, 2.24) is 5.32 Å². The van der Waals surface area contributed by atoms with Gasteiger partial charge >= 0.3 is 17.7 Å². The molecule has 0 saturated carbocycles. The Morgan fingerprint density at radius 2 is 2.00 bits per heavy atom. The van der Waals surface area contributed by atoms with Crippen LogP contribution in [0.3, 0.4) is 0 Å². The number of carboxylic acids is 1. The van der Waals surface area contributed by atoms with Crippen LogP contribution >= 0.6 is 0 Å². The molecule has 2 N–H and O–H groups in total. The summed E-state index contributed by atoms with van der Waals surface area (Å²) in [6.07, 6.45) is 3.84. The number of carbonyl (C=O) groups excluding carboxylic acids is 1. The fourth-order valence-corrected chi connectivity index (χ4v) is 2.19. The second kappa shape index (κ2) is 7.86. The minimum absolute atomic E-state index is 0.323. The van der Waals surface area contributed by atoms with E-state index in [2.05, 4.69) is 5.32 Å². The van der Waals surface area contributed by atoms with Crippen molar-refractivity contribution >= 4 is 29.1 Å². The SMILES string of the molecule is CC(C)(C)OC(=O)NCCC=Cc1ccc2oc(=O)c(C(=O)O)cc2c1. The van der Waals surface area contributed by atoms with Crippen LogP contribution < -0.4 is 10.9 Å². The molecule has 138 valence electrons. The smallest absolute Gasteiger partial charge is 0.407 e. The highest BCUT2D eigenvalue weighted by Crippen LogP contribution is 2.17. The van der Waals surface area contributed by atoms with E-state index < -0.39 is 28.9 Å². The predicted molar refractivity (Wildman–Crippen MR) is 97.3 cm³/mol. The zero-order valence-corrected chi connectivity index (χ0v) is 14.9. The molecule has 0 spiro atoms. The van der Waals surface area contributed by atoms with Gasteiger partial charge in [0.25, 0.3) is 0 Å². The third-order valence-corrected chi connectivity index (χ3v) is 3.28. The van der Waals surface area contributed by atoms with E-state index >= 15 is 0 Å². The molecule has 7 heteroatoms. The minimum Gasteiger partial charge on any atom is -0.477 e. The van der Waals surface area contributed by atoms with Crippen LogP contribution in [0.1, 0.15) is 43.1 Å². The summed E-state index contributed by atoms with van der Waals surface area (Å²) in [4.78, 5) is 34.1. The summed E-state index contributed by atoms with van der Waals surface area (Å²) >= 11 is 0. The summed E-state index contributed by atoms with van der Waals surface area (Å²) in [7, 11) is 0. The first-order chi connectivity index (χ1) is 12.2. The highest BCUT2D eigenvalue weighted by Gasteiger charge is 2.15. The molecule has 1 aromatic heterocycles. The predicted octanol–water partition coefficient (Wildman–Crippen LogP) is 3.42. The van der Waals surface area contributed by atoms with Crippen LogP contribution in [-0.4, -0.2) is 29.3 Å². The van der Waals surface area contributed by atoms with Gasteiger partial charge in [0, 0.05) is 11.9 Å². The summed E-state index contributed by atoms with van der Waals surface area (Å²) in [6, 6.07) is 6.39. The van der Waals surface area contributed by atoms with Crippen molar-refractivity contribution in [3.05, 3.63) is 51.9 Å². The molecule has 0 aliphatic rings. The normalized spacial score (nSPS) is 11.7. The number of ether oxygens (including phenoxy) is 1. The Balaban J connectivity index is 1.99. The summed E-state index contributed by atoms with van der Waals surface area (Å²) < 4.78 is 10.1. The summed E-state index contributed by atoms with van der Waals surface area (Å²) in [5.41, 5.74) is -0.667. The van der Waals surface area contributed by atoms with Gasteiger partial charge in [-0.2, -0.15) is 0 Å². The van der Waals surface area contributed by atoms with Gasteiger partial charge in [-0.3, -0.25) is 0 Å². The van der Waals surface area contributed by atoms with Crippen LogP contribution in [0.4, 0.5) is 4.79 Å². The lowest BCUT2D eigenvalue weighted by atomic mass is 10.1. The van der Waals surface area contributed by atoms with Crippen LogP contribution in [0.15, 0.2) is 39.6 Å². The van der Waals surface area contributed by atoms with E-state index in [0.717, 1.165) is 5.56 Å². The van der Waals surface area contributed by atoms with Crippen molar-refractivity contribution in [1.29, 1.82) is 0 Å². The fourth-order valence-electron chi connectivity index (χ4n) is 2.19. The van der Waals surface area contributed by atoms with Gasteiger partial charge in [0.15, 0.2) is 0 Å². The molecule has 0 aliphatic heterocycles. The van der Waals surface area contributed by atoms with Crippen LogP contribution in [0.25, 0.3) is 17.0 Å². The zero-order valence-electron chi connectivity index (χ0n) is 14.9. The van der Waals surface area contributed by atoms with E-state index in [9.17, 15) is 14.4 Å². The number of aromatic carboxylic acids is 1. The third-order valence-electron chi connectivity index (χ3n) is 3.28. The Morgan fingerprint density at radius 1 is 1.27 bits per heavy atom. The van der Waals surface area contributed by atoms with Crippen molar-refractivity contribution < 1.29 is 23.8 Å². The largest absolute Gasteiger partial charge is 0.477 e. The van der Waals surface area contributed by atoms with Gasteiger partial charge in [0.2, 0.25) is 0 Å². The molecule has 0 aliphatic carbocycles. The zero-order chi connectivity index (χ0) is 19.3. The molecule has 1 amide bonds. The molecule has 26 heavy (non-hydrogen) atoms. The second-order valence-corrected chi connectivity index (χ2v) is 6.67. The number of alkyl carbamates (subject to hydrolysis) is 1. The number of hydrogen-bond acceptors (Lipinski definition) is 5.